The number of amides is 3. The van der Waals surface area contributed by atoms with Crippen LogP contribution in [0.1, 0.15) is 28.9 Å². The van der Waals surface area contributed by atoms with Crippen LogP contribution in [0.15, 0.2) is 42.5 Å². The lowest BCUT2D eigenvalue weighted by atomic mass is 9.95. The highest BCUT2D eigenvalue weighted by atomic mass is 35.5. The fourth-order valence-electron chi connectivity index (χ4n) is 3.02. The van der Waals surface area contributed by atoms with Crippen LogP contribution in [0, 0.1) is 0 Å². The highest BCUT2D eigenvalue weighted by Gasteiger charge is 2.48. The fraction of sp³-hybridized carbons (Fsp3) is 0.250. The number of benzene rings is 2. The summed E-state index contributed by atoms with van der Waals surface area (Å²) >= 11 is 6.21. The number of rotatable bonds is 6. The number of hydrazine groups is 1. The van der Waals surface area contributed by atoms with Gasteiger partial charge in [0, 0.05) is 18.2 Å². The summed E-state index contributed by atoms with van der Waals surface area (Å²) in [5, 5.41) is 3.01. The number of hydrogen-bond acceptors (Lipinski definition) is 5. The molecule has 1 aliphatic rings. The van der Waals surface area contributed by atoms with Gasteiger partial charge in [0.15, 0.2) is 11.5 Å². The van der Waals surface area contributed by atoms with Crippen LogP contribution in [-0.4, -0.2) is 42.3 Å². The molecule has 2 N–H and O–H groups in total. The molecule has 3 amide bonds. The van der Waals surface area contributed by atoms with E-state index in [1.807, 2.05) is 0 Å². The largest absolute Gasteiger partial charge is 0.493 e. The molecule has 2 atom stereocenters. The Morgan fingerprint density at radius 3 is 2.28 bits per heavy atom. The van der Waals surface area contributed by atoms with Crippen molar-refractivity contribution < 1.29 is 23.9 Å². The minimum absolute atomic E-state index is 0.209. The second-order valence-electron chi connectivity index (χ2n) is 6.37. The van der Waals surface area contributed by atoms with E-state index >= 15 is 0 Å². The van der Waals surface area contributed by atoms with Crippen molar-refractivity contribution in [3.05, 3.63) is 53.6 Å². The normalized spacial score (nSPS) is 17.9. The molecule has 1 saturated heterocycles. The summed E-state index contributed by atoms with van der Waals surface area (Å²) in [5.74, 6) is -0.0494. The molecule has 1 aliphatic heterocycles. The van der Waals surface area contributed by atoms with Gasteiger partial charge in [-0.2, -0.15) is 0 Å². The molecule has 8 nitrogen and oxygen atoms in total. The van der Waals surface area contributed by atoms with Crippen molar-refractivity contribution in [2.24, 2.45) is 0 Å². The predicted molar refractivity (Wildman–Crippen MR) is 107 cm³/mol. The first kappa shape index (κ1) is 20.5. The average Bonchev–Trinajstić information content (AvgIpc) is 2.72. The Bertz CT molecular complexity index is 948. The Kier molecular flexibility index (Phi) is 5.93. The molecule has 29 heavy (non-hydrogen) atoms. The number of nitrogens with one attached hydrogen (secondary N) is 2. The van der Waals surface area contributed by atoms with Crippen molar-refractivity contribution >= 4 is 35.0 Å². The molecule has 2 aromatic carbocycles. The Labute approximate surface area is 172 Å². The van der Waals surface area contributed by atoms with Crippen LogP contribution in [0.5, 0.6) is 11.5 Å². The van der Waals surface area contributed by atoms with Crippen molar-refractivity contribution in [3.63, 3.8) is 0 Å². The number of alkyl halides is 1. The standard InChI is InChI=1S/C20H20ClN3O5/c1-11(25)22-14-7-4-12(5-8-14)19(26)23-24-18(17(21)20(24)27)13-6-9-15(28-2)16(10-13)29-3/h4-10,17-18H,1-3H3,(H,22,25)(H,23,26)/t17-,18+/m1/s1. The summed E-state index contributed by atoms with van der Waals surface area (Å²) in [6, 6.07) is 10.9. The maximum atomic E-state index is 12.6. The van der Waals surface area contributed by atoms with E-state index in [2.05, 4.69) is 10.7 Å². The molecule has 0 saturated carbocycles. The van der Waals surface area contributed by atoms with Crippen LogP contribution < -0.4 is 20.2 Å². The maximum Gasteiger partial charge on any atom is 0.269 e. The Balaban J connectivity index is 1.76. The quantitative estimate of drug-likeness (QED) is 0.556. The van der Waals surface area contributed by atoms with Gasteiger partial charge in [0.1, 0.15) is 11.4 Å². The number of nitrogens with zero attached hydrogens (tertiary/aromatic N) is 1. The first-order valence-electron chi connectivity index (χ1n) is 8.73. The van der Waals surface area contributed by atoms with Crippen LogP contribution in [-0.2, 0) is 9.59 Å². The van der Waals surface area contributed by atoms with Crippen LogP contribution in [0.2, 0.25) is 0 Å². The number of methoxy groups -OCH3 is 2. The van der Waals surface area contributed by atoms with Crippen molar-refractivity contribution in [2.45, 2.75) is 18.3 Å². The molecule has 0 aromatic heterocycles. The Morgan fingerprint density at radius 2 is 1.69 bits per heavy atom. The molecular formula is C20H20ClN3O5. The third-order valence-electron chi connectivity index (χ3n) is 4.47. The second kappa shape index (κ2) is 8.40. The van der Waals surface area contributed by atoms with Gasteiger partial charge >= 0.3 is 0 Å². The zero-order chi connectivity index (χ0) is 21.1. The molecule has 9 heteroatoms. The summed E-state index contributed by atoms with van der Waals surface area (Å²) in [6.07, 6.45) is 0. The third kappa shape index (κ3) is 4.12. The summed E-state index contributed by atoms with van der Waals surface area (Å²) in [6.45, 7) is 1.40. The van der Waals surface area contributed by atoms with E-state index in [-0.39, 0.29) is 5.91 Å². The van der Waals surface area contributed by atoms with E-state index in [0.29, 0.717) is 28.3 Å². The second-order valence-corrected chi connectivity index (χ2v) is 6.84. The third-order valence-corrected chi connectivity index (χ3v) is 4.89. The van der Waals surface area contributed by atoms with Gasteiger partial charge in [-0.25, -0.2) is 5.01 Å². The van der Waals surface area contributed by atoms with E-state index in [9.17, 15) is 14.4 Å². The molecule has 0 aliphatic carbocycles. The highest BCUT2D eigenvalue weighted by Crippen LogP contribution is 2.40. The first-order valence-corrected chi connectivity index (χ1v) is 9.17. The highest BCUT2D eigenvalue weighted by molar-refractivity contribution is 6.33. The number of halogens is 1. The van der Waals surface area contributed by atoms with E-state index in [0.717, 1.165) is 0 Å². The van der Waals surface area contributed by atoms with Gasteiger partial charge in [0.2, 0.25) is 5.91 Å². The SMILES string of the molecule is COc1ccc([C@H]2[C@@H](Cl)C(=O)N2NC(=O)c2ccc(NC(C)=O)cc2)cc1OC. The average molecular weight is 418 g/mol. The molecule has 152 valence electrons. The monoisotopic (exact) mass is 417 g/mol. The van der Waals surface area contributed by atoms with Gasteiger partial charge in [-0.05, 0) is 42.0 Å². The van der Waals surface area contributed by atoms with Crippen LogP contribution in [0.4, 0.5) is 5.69 Å². The number of carbonyl (C=O) groups is 3. The van der Waals surface area contributed by atoms with Crippen molar-refractivity contribution in [1.29, 1.82) is 0 Å². The summed E-state index contributed by atoms with van der Waals surface area (Å²) in [7, 11) is 3.04. The van der Waals surface area contributed by atoms with Gasteiger partial charge in [0.25, 0.3) is 11.8 Å². The van der Waals surface area contributed by atoms with E-state index < -0.39 is 23.2 Å². The molecule has 3 rings (SSSR count). The molecule has 0 spiro atoms. The Hall–Kier alpha value is -3.26. The zero-order valence-corrected chi connectivity index (χ0v) is 16.8. The number of ether oxygens (including phenoxy) is 2. The van der Waals surface area contributed by atoms with Gasteiger partial charge in [-0.3, -0.25) is 19.8 Å². The van der Waals surface area contributed by atoms with E-state index in [1.165, 1.54) is 26.2 Å². The van der Waals surface area contributed by atoms with Crippen molar-refractivity contribution in [2.75, 3.05) is 19.5 Å². The van der Waals surface area contributed by atoms with Crippen molar-refractivity contribution in [1.82, 2.24) is 10.4 Å². The Morgan fingerprint density at radius 1 is 1.03 bits per heavy atom. The first-order chi connectivity index (χ1) is 13.8. The topological polar surface area (TPSA) is 97.0 Å². The minimum Gasteiger partial charge on any atom is -0.493 e. The number of anilines is 1. The van der Waals surface area contributed by atoms with Gasteiger partial charge < -0.3 is 14.8 Å². The molecular weight excluding hydrogens is 398 g/mol. The number of carbonyl (C=O) groups excluding carboxylic acids is 3. The lowest BCUT2D eigenvalue weighted by Crippen LogP contribution is -2.63. The van der Waals surface area contributed by atoms with Crippen molar-refractivity contribution in [3.8, 4) is 11.5 Å². The lowest BCUT2D eigenvalue weighted by Gasteiger charge is -2.44. The predicted octanol–water partition coefficient (Wildman–Crippen LogP) is 2.50. The molecule has 1 fully saturated rings. The van der Waals surface area contributed by atoms with Crippen LogP contribution in [0.3, 0.4) is 0 Å². The summed E-state index contributed by atoms with van der Waals surface area (Å²) in [5.41, 5.74) is 4.18. The van der Waals surface area contributed by atoms with Crippen LogP contribution >= 0.6 is 11.6 Å². The molecule has 1 heterocycles. The zero-order valence-electron chi connectivity index (χ0n) is 16.1. The van der Waals surface area contributed by atoms with E-state index in [1.54, 1.807) is 42.5 Å². The van der Waals surface area contributed by atoms with Crippen LogP contribution in [0.25, 0.3) is 0 Å². The van der Waals surface area contributed by atoms with Gasteiger partial charge in [-0.15, -0.1) is 11.6 Å². The molecule has 0 bridgehead atoms. The number of β-lactam (4-membered cyclic amide) rings is 1. The van der Waals surface area contributed by atoms with E-state index in [4.69, 9.17) is 21.1 Å². The smallest absolute Gasteiger partial charge is 0.269 e. The van der Waals surface area contributed by atoms with Gasteiger partial charge in [-0.1, -0.05) is 6.07 Å². The lowest BCUT2D eigenvalue weighted by molar-refractivity contribution is -0.149. The molecule has 0 radical (unpaired) electrons. The fourth-order valence-corrected chi connectivity index (χ4v) is 3.38. The molecule has 2 aromatic rings. The number of hydrogen-bond donors (Lipinski definition) is 2. The summed E-state index contributed by atoms with van der Waals surface area (Å²) in [4.78, 5) is 35.9. The summed E-state index contributed by atoms with van der Waals surface area (Å²) < 4.78 is 10.5. The maximum absolute atomic E-state index is 12.6. The molecule has 0 unspecified atom stereocenters. The minimum atomic E-state index is -0.810. The van der Waals surface area contributed by atoms with Gasteiger partial charge in [0.05, 0.1) is 14.2 Å².